The molecule has 0 aromatic heterocycles. The van der Waals surface area contributed by atoms with E-state index in [0.29, 0.717) is 15.7 Å². The maximum Gasteiger partial charge on any atom is 0.304 e. The van der Waals surface area contributed by atoms with Crippen molar-refractivity contribution < 1.29 is 23.1 Å². The summed E-state index contributed by atoms with van der Waals surface area (Å²) in [6, 6.07) is 22.8. The first-order valence-electron chi connectivity index (χ1n) is 14.5. The van der Waals surface area contributed by atoms with Gasteiger partial charge in [-0.15, -0.1) is 0 Å². The van der Waals surface area contributed by atoms with Crippen LogP contribution < -0.4 is 4.31 Å². The Hall–Kier alpha value is -3.07. The van der Waals surface area contributed by atoms with Crippen molar-refractivity contribution in [3.63, 3.8) is 0 Å². The predicted octanol–water partition coefficient (Wildman–Crippen LogP) is 7.17. The number of rotatable bonds is 11. The predicted molar refractivity (Wildman–Crippen MR) is 170 cm³/mol. The molecular formula is C33H36Cl2N2O5S. The highest BCUT2D eigenvalue weighted by atomic mass is 35.5. The third-order valence-electron chi connectivity index (χ3n) is 8.75. The van der Waals surface area contributed by atoms with Gasteiger partial charge >= 0.3 is 5.97 Å². The molecule has 1 heterocycles. The minimum atomic E-state index is -3.71. The van der Waals surface area contributed by atoms with Crippen molar-refractivity contribution in [2.24, 2.45) is 11.3 Å². The number of sulfonamides is 1. The van der Waals surface area contributed by atoms with E-state index in [-0.39, 0.29) is 42.9 Å². The van der Waals surface area contributed by atoms with Crippen molar-refractivity contribution >= 4 is 50.8 Å². The summed E-state index contributed by atoms with van der Waals surface area (Å²) in [4.78, 5) is 28.7. The van der Waals surface area contributed by atoms with E-state index >= 15 is 0 Å². The van der Waals surface area contributed by atoms with E-state index in [9.17, 15) is 23.1 Å². The zero-order valence-electron chi connectivity index (χ0n) is 24.2. The zero-order chi connectivity index (χ0) is 30.9. The van der Waals surface area contributed by atoms with Gasteiger partial charge in [0.25, 0.3) is 0 Å². The normalized spacial score (nSPS) is 23.2. The van der Waals surface area contributed by atoms with Gasteiger partial charge < -0.3 is 10.0 Å². The van der Waals surface area contributed by atoms with Crippen molar-refractivity contribution in [1.82, 2.24) is 4.90 Å². The summed E-state index contributed by atoms with van der Waals surface area (Å²) < 4.78 is 28.5. The second-order valence-corrected chi connectivity index (χ2v) is 14.9. The fourth-order valence-electron chi connectivity index (χ4n) is 6.49. The highest BCUT2D eigenvalue weighted by Crippen LogP contribution is 2.54. The molecule has 7 nitrogen and oxygen atoms in total. The average Bonchev–Trinajstić information content (AvgIpc) is 3.81. The summed E-state index contributed by atoms with van der Waals surface area (Å²) in [6.07, 6.45) is 1.62. The Morgan fingerprint density at radius 2 is 1.67 bits per heavy atom. The van der Waals surface area contributed by atoms with Crippen LogP contribution in [0.1, 0.15) is 62.6 Å². The van der Waals surface area contributed by atoms with E-state index in [4.69, 9.17) is 23.2 Å². The molecule has 1 saturated carbocycles. The Balaban J connectivity index is 1.71. The van der Waals surface area contributed by atoms with Gasteiger partial charge in [0.15, 0.2) is 0 Å². The number of likely N-dealkylation sites (tertiary alicyclic amines) is 1. The monoisotopic (exact) mass is 642 g/mol. The van der Waals surface area contributed by atoms with Gasteiger partial charge in [0.1, 0.15) is 0 Å². The average molecular weight is 644 g/mol. The number of halogens is 2. The molecule has 10 heteroatoms. The third kappa shape index (κ3) is 6.71. The van der Waals surface area contributed by atoms with Crippen LogP contribution in [-0.4, -0.2) is 48.6 Å². The Bertz CT molecular complexity index is 1580. The minimum Gasteiger partial charge on any atom is -0.481 e. The topological polar surface area (TPSA) is 95.0 Å². The number of carboxylic acid groups (broad SMARTS) is 1. The quantitative estimate of drug-likeness (QED) is 0.239. The lowest BCUT2D eigenvalue weighted by molar-refractivity contribution is -0.160. The summed E-state index contributed by atoms with van der Waals surface area (Å²) in [5.74, 6) is -1.70. The Labute approximate surface area is 263 Å². The Morgan fingerprint density at radius 3 is 2.26 bits per heavy atom. The molecule has 5 rings (SSSR count). The second-order valence-electron chi connectivity index (χ2n) is 11.9. The molecule has 1 N–H and O–H groups in total. The number of carbonyl (C=O) groups excluding carboxylic acids is 1. The number of aliphatic carboxylic acids is 1. The maximum atomic E-state index is 14.7. The van der Waals surface area contributed by atoms with Crippen LogP contribution in [0.4, 0.5) is 5.69 Å². The van der Waals surface area contributed by atoms with Crippen molar-refractivity contribution in [3.05, 3.63) is 100 Å². The molecule has 0 bridgehead atoms. The van der Waals surface area contributed by atoms with Gasteiger partial charge in [-0.2, -0.15) is 0 Å². The summed E-state index contributed by atoms with van der Waals surface area (Å²) in [6.45, 7) is 3.39. The number of carbonyl (C=O) groups is 2. The van der Waals surface area contributed by atoms with Gasteiger partial charge in [-0.05, 0) is 79.6 Å². The van der Waals surface area contributed by atoms with Gasteiger partial charge in [-0.3, -0.25) is 13.9 Å². The first-order chi connectivity index (χ1) is 20.4. The van der Waals surface area contributed by atoms with Gasteiger partial charge in [0.2, 0.25) is 15.9 Å². The Kier molecular flexibility index (Phi) is 9.12. The van der Waals surface area contributed by atoms with E-state index in [1.54, 1.807) is 56.3 Å². The lowest BCUT2D eigenvalue weighted by Crippen LogP contribution is -2.59. The standard InChI is InChI=1S/C33H36Cl2N2O5S/c1-3-43(41,42)36(27-10-5-4-6-11-27)21-29(22-12-13-22)37-31(23-14-16-25(34)17-15-23)28(24-8-7-9-26(35)18-24)19-33(2,32(37)40)20-30(38)39/h4-11,14-18,22,28-29,31H,3,12-13,19-21H2,1-2H3,(H,38,39). The molecule has 0 spiro atoms. The summed E-state index contributed by atoms with van der Waals surface area (Å²) in [5, 5.41) is 11.0. The summed E-state index contributed by atoms with van der Waals surface area (Å²) >= 11 is 12.7. The van der Waals surface area contributed by atoms with Gasteiger partial charge in [-0.1, -0.05) is 72.6 Å². The van der Waals surface area contributed by atoms with Crippen LogP contribution in [0.2, 0.25) is 10.0 Å². The van der Waals surface area contributed by atoms with E-state index < -0.39 is 33.5 Å². The first-order valence-corrected chi connectivity index (χ1v) is 16.9. The molecule has 4 unspecified atom stereocenters. The SMILES string of the molecule is CCS(=O)(=O)N(CC(C1CC1)N1C(=O)C(C)(CC(=O)O)CC(c2cccc(Cl)c2)C1c1ccc(Cl)cc1)c1ccccc1. The van der Waals surface area contributed by atoms with E-state index in [0.717, 1.165) is 24.0 Å². The molecule has 1 saturated heterocycles. The largest absolute Gasteiger partial charge is 0.481 e. The van der Waals surface area contributed by atoms with Crippen LogP contribution in [-0.2, 0) is 19.6 Å². The highest BCUT2D eigenvalue weighted by molar-refractivity contribution is 7.92. The Morgan fingerprint density at radius 1 is 1.00 bits per heavy atom. The smallest absolute Gasteiger partial charge is 0.304 e. The van der Waals surface area contributed by atoms with Gasteiger partial charge in [-0.25, -0.2) is 8.42 Å². The van der Waals surface area contributed by atoms with E-state index in [1.807, 2.05) is 41.3 Å². The number of piperidine rings is 1. The minimum absolute atomic E-state index is 0.0595. The number of nitrogens with zero attached hydrogens (tertiary/aromatic N) is 2. The molecule has 43 heavy (non-hydrogen) atoms. The molecule has 4 atom stereocenters. The number of para-hydroxylation sites is 1. The third-order valence-corrected chi connectivity index (χ3v) is 11.0. The second kappa shape index (κ2) is 12.5. The molecule has 3 aromatic carbocycles. The molecule has 2 fully saturated rings. The van der Waals surface area contributed by atoms with E-state index in [2.05, 4.69) is 0 Å². The number of hydrogen-bond donors (Lipinski definition) is 1. The van der Waals surface area contributed by atoms with Gasteiger partial charge in [0.05, 0.1) is 41.9 Å². The number of benzene rings is 3. The van der Waals surface area contributed by atoms with Crippen molar-refractivity contribution in [2.75, 3.05) is 16.6 Å². The maximum absolute atomic E-state index is 14.7. The van der Waals surface area contributed by atoms with E-state index in [1.165, 1.54) is 4.31 Å². The lowest BCUT2D eigenvalue weighted by Gasteiger charge is -2.52. The van der Waals surface area contributed by atoms with Crippen LogP contribution in [0.5, 0.6) is 0 Å². The fraction of sp³-hybridized carbons (Fsp3) is 0.394. The van der Waals surface area contributed by atoms with Crippen LogP contribution in [0.3, 0.4) is 0 Å². The molecule has 1 amide bonds. The molecule has 1 aliphatic carbocycles. The number of anilines is 1. The molecule has 2 aliphatic rings. The molecular weight excluding hydrogens is 607 g/mol. The fourth-order valence-corrected chi connectivity index (χ4v) is 7.95. The van der Waals surface area contributed by atoms with Crippen LogP contribution in [0, 0.1) is 11.3 Å². The van der Waals surface area contributed by atoms with Gasteiger partial charge in [0, 0.05) is 16.0 Å². The molecule has 3 aromatic rings. The molecule has 228 valence electrons. The molecule has 1 aliphatic heterocycles. The highest BCUT2D eigenvalue weighted by Gasteiger charge is 2.55. The van der Waals surface area contributed by atoms with Crippen molar-refractivity contribution in [2.45, 2.75) is 57.5 Å². The van der Waals surface area contributed by atoms with Crippen LogP contribution >= 0.6 is 23.2 Å². The zero-order valence-corrected chi connectivity index (χ0v) is 26.5. The van der Waals surface area contributed by atoms with Crippen LogP contribution in [0.15, 0.2) is 78.9 Å². The lowest BCUT2D eigenvalue weighted by atomic mass is 9.67. The summed E-state index contributed by atoms with van der Waals surface area (Å²) in [5.41, 5.74) is 1.03. The number of amides is 1. The van der Waals surface area contributed by atoms with Crippen molar-refractivity contribution in [3.8, 4) is 0 Å². The van der Waals surface area contributed by atoms with Crippen molar-refractivity contribution in [1.29, 1.82) is 0 Å². The number of hydrogen-bond acceptors (Lipinski definition) is 4. The first kappa shape index (κ1) is 31.4. The number of carboxylic acids is 1. The molecule has 0 radical (unpaired) electrons. The van der Waals surface area contributed by atoms with Crippen LogP contribution in [0.25, 0.3) is 0 Å². The summed E-state index contributed by atoms with van der Waals surface area (Å²) in [7, 11) is -3.71.